The third-order valence-corrected chi connectivity index (χ3v) is 4.93. The average Bonchev–Trinajstić information content (AvgIpc) is 3.00. The number of benzene rings is 2. The largest absolute Gasteiger partial charge is 0.493 e. The second kappa shape index (κ2) is 8.98. The summed E-state index contributed by atoms with van der Waals surface area (Å²) < 4.78 is 16.0. The molecule has 0 N–H and O–H groups in total. The number of rotatable bonds is 8. The lowest BCUT2D eigenvalue weighted by Crippen LogP contribution is -2.46. The number of methoxy groups -OCH3 is 2. The second-order valence-corrected chi connectivity index (χ2v) is 7.47. The Labute approximate surface area is 175 Å². The van der Waals surface area contributed by atoms with Gasteiger partial charge in [-0.05, 0) is 42.2 Å². The second-order valence-electron chi connectivity index (χ2n) is 7.47. The molecule has 7 heteroatoms. The fourth-order valence-electron chi connectivity index (χ4n) is 3.47. The van der Waals surface area contributed by atoms with E-state index in [1.807, 2.05) is 13.8 Å². The van der Waals surface area contributed by atoms with Gasteiger partial charge in [-0.25, -0.2) is 4.79 Å². The highest BCUT2D eigenvalue weighted by Crippen LogP contribution is 2.29. The van der Waals surface area contributed by atoms with Crippen LogP contribution in [0.25, 0.3) is 0 Å². The van der Waals surface area contributed by atoms with Gasteiger partial charge in [0.25, 0.3) is 11.8 Å². The quantitative estimate of drug-likeness (QED) is 0.489. The number of hydrogen-bond donors (Lipinski definition) is 0. The standard InChI is InChI=1S/C23H25NO6/c1-14(2)11-18(24-21(25)16-7-5-6-8-17(16)22(24)26)23(27)30-13-15-9-10-19(28-3)20(12-15)29-4/h5-10,12,14,18H,11,13H2,1-4H3/t18-/m1/s1. The first-order valence-corrected chi connectivity index (χ1v) is 9.71. The zero-order valence-corrected chi connectivity index (χ0v) is 17.5. The summed E-state index contributed by atoms with van der Waals surface area (Å²) in [4.78, 5) is 39.6. The molecule has 1 aliphatic rings. The molecule has 2 amide bonds. The highest BCUT2D eigenvalue weighted by Gasteiger charge is 2.43. The lowest BCUT2D eigenvalue weighted by atomic mass is 10.0. The summed E-state index contributed by atoms with van der Waals surface area (Å²) in [5.74, 6) is -0.393. The lowest BCUT2D eigenvalue weighted by molar-refractivity contribution is -0.150. The van der Waals surface area contributed by atoms with Crippen molar-refractivity contribution in [3.63, 3.8) is 0 Å². The highest BCUT2D eigenvalue weighted by molar-refractivity contribution is 6.22. The van der Waals surface area contributed by atoms with Gasteiger partial charge in [0.15, 0.2) is 11.5 Å². The van der Waals surface area contributed by atoms with E-state index in [9.17, 15) is 14.4 Å². The first-order valence-electron chi connectivity index (χ1n) is 9.71. The third-order valence-electron chi connectivity index (χ3n) is 4.93. The van der Waals surface area contributed by atoms with Crippen LogP contribution >= 0.6 is 0 Å². The van der Waals surface area contributed by atoms with Crippen molar-refractivity contribution in [3.05, 3.63) is 59.2 Å². The first-order chi connectivity index (χ1) is 14.4. The predicted octanol–water partition coefficient (Wildman–Crippen LogP) is 3.46. The minimum absolute atomic E-state index is 0.0169. The molecule has 30 heavy (non-hydrogen) atoms. The van der Waals surface area contributed by atoms with Crippen molar-refractivity contribution in [2.45, 2.75) is 32.9 Å². The van der Waals surface area contributed by atoms with Crippen LogP contribution in [0.4, 0.5) is 0 Å². The summed E-state index contributed by atoms with van der Waals surface area (Å²) in [6.45, 7) is 3.83. The minimum atomic E-state index is -0.988. The van der Waals surface area contributed by atoms with Crippen molar-refractivity contribution in [2.75, 3.05) is 14.2 Å². The molecule has 0 bridgehead atoms. The monoisotopic (exact) mass is 411 g/mol. The molecule has 1 heterocycles. The Kier molecular flexibility index (Phi) is 6.40. The molecule has 0 saturated carbocycles. The van der Waals surface area contributed by atoms with E-state index < -0.39 is 23.8 Å². The number of carbonyl (C=O) groups excluding carboxylic acids is 3. The molecule has 7 nitrogen and oxygen atoms in total. The zero-order chi connectivity index (χ0) is 21.8. The number of ether oxygens (including phenoxy) is 3. The molecule has 0 aromatic heterocycles. The van der Waals surface area contributed by atoms with Crippen molar-refractivity contribution in [1.29, 1.82) is 0 Å². The number of nitrogens with zero attached hydrogens (tertiary/aromatic N) is 1. The van der Waals surface area contributed by atoms with Gasteiger partial charge < -0.3 is 14.2 Å². The minimum Gasteiger partial charge on any atom is -0.493 e. The fraction of sp³-hybridized carbons (Fsp3) is 0.348. The van der Waals surface area contributed by atoms with Crippen LogP contribution in [0, 0.1) is 5.92 Å². The molecule has 0 unspecified atom stereocenters. The fourth-order valence-corrected chi connectivity index (χ4v) is 3.47. The molecule has 0 radical (unpaired) electrons. The predicted molar refractivity (Wildman–Crippen MR) is 110 cm³/mol. The molecule has 1 aliphatic heterocycles. The van der Waals surface area contributed by atoms with E-state index in [1.165, 1.54) is 14.2 Å². The van der Waals surface area contributed by atoms with E-state index >= 15 is 0 Å². The van der Waals surface area contributed by atoms with Crippen molar-refractivity contribution < 1.29 is 28.6 Å². The van der Waals surface area contributed by atoms with Gasteiger partial charge >= 0.3 is 5.97 Å². The number of fused-ring (bicyclic) bond motifs is 1. The number of hydrogen-bond acceptors (Lipinski definition) is 6. The van der Waals surface area contributed by atoms with Crippen molar-refractivity contribution >= 4 is 17.8 Å². The molecular weight excluding hydrogens is 386 g/mol. The maximum atomic E-state index is 12.9. The summed E-state index contributed by atoms with van der Waals surface area (Å²) in [6.07, 6.45) is 0.316. The summed E-state index contributed by atoms with van der Waals surface area (Å²) in [6, 6.07) is 10.8. The van der Waals surface area contributed by atoms with Gasteiger partial charge in [-0.1, -0.05) is 32.0 Å². The topological polar surface area (TPSA) is 82.1 Å². The van der Waals surface area contributed by atoms with Crippen molar-refractivity contribution in [2.24, 2.45) is 5.92 Å². The lowest BCUT2D eigenvalue weighted by Gasteiger charge is -2.26. The summed E-state index contributed by atoms with van der Waals surface area (Å²) in [5, 5.41) is 0. The van der Waals surface area contributed by atoms with Gasteiger partial charge in [0.1, 0.15) is 12.6 Å². The molecule has 2 aromatic carbocycles. The van der Waals surface area contributed by atoms with Gasteiger partial charge in [0.05, 0.1) is 25.3 Å². The number of esters is 1. The summed E-state index contributed by atoms with van der Waals surface area (Å²) >= 11 is 0. The Balaban J connectivity index is 1.79. The van der Waals surface area contributed by atoms with Crippen LogP contribution in [0.5, 0.6) is 11.5 Å². The molecule has 0 fully saturated rings. The molecule has 158 valence electrons. The SMILES string of the molecule is COc1ccc(COC(=O)[C@@H](CC(C)C)N2C(=O)c3ccccc3C2=O)cc1OC. The van der Waals surface area contributed by atoms with Crippen LogP contribution in [0.3, 0.4) is 0 Å². The number of carbonyl (C=O) groups is 3. The third kappa shape index (κ3) is 4.15. The van der Waals surface area contributed by atoms with Crippen LogP contribution in [0.2, 0.25) is 0 Å². The molecule has 3 rings (SSSR count). The zero-order valence-electron chi connectivity index (χ0n) is 17.5. The highest BCUT2D eigenvalue weighted by atomic mass is 16.5. The molecule has 1 atom stereocenters. The van der Waals surface area contributed by atoms with E-state index in [0.29, 0.717) is 34.6 Å². The van der Waals surface area contributed by atoms with Crippen LogP contribution in [0.15, 0.2) is 42.5 Å². The first kappa shape index (κ1) is 21.4. The summed E-state index contributed by atoms with van der Waals surface area (Å²) in [7, 11) is 3.06. The molecule has 0 aliphatic carbocycles. The van der Waals surface area contributed by atoms with Crippen LogP contribution in [0.1, 0.15) is 46.5 Å². The van der Waals surface area contributed by atoms with Crippen molar-refractivity contribution in [1.82, 2.24) is 4.90 Å². The van der Waals surface area contributed by atoms with Crippen LogP contribution in [-0.2, 0) is 16.1 Å². The maximum Gasteiger partial charge on any atom is 0.329 e. The number of imide groups is 1. The Morgan fingerprint density at radius 2 is 1.53 bits per heavy atom. The molecule has 2 aromatic rings. The van der Waals surface area contributed by atoms with Crippen molar-refractivity contribution in [3.8, 4) is 11.5 Å². The Bertz CT molecular complexity index is 933. The van der Waals surface area contributed by atoms with Crippen LogP contribution < -0.4 is 9.47 Å². The van der Waals surface area contributed by atoms with Gasteiger partial charge in [0.2, 0.25) is 0 Å². The summed E-state index contributed by atoms with van der Waals surface area (Å²) in [5.41, 5.74) is 1.32. The Morgan fingerprint density at radius 3 is 2.07 bits per heavy atom. The van der Waals surface area contributed by atoms with Gasteiger partial charge in [0, 0.05) is 0 Å². The van der Waals surface area contributed by atoms with E-state index in [-0.39, 0.29) is 12.5 Å². The normalized spacial score (nSPS) is 14.0. The van der Waals surface area contributed by atoms with E-state index in [4.69, 9.17) is 14.2 Å². The van der Waals surface area contributed by atoms with E-state index in [2.05, 4.69) is 0 Å². The van der Waals surface area contributed by atoms with Gasteiger partial charge in [-0.3, -0.25) is 14.5 Å². The number of amides is 2. The molecule has 0 saturated heterocycles. The average molecular weight is 411 g/mol. The van der Waals surface area contributed by atoms with E-state index in [1.54, 1.807) is 42.5 Å². The Morgan fingerprint density at radius 1 is 0.933 bits per heavy atom. The van der Waals surface area contributed by atoms with Gasteiger partial charge in [-0.15, -0.1) is 0 Å². The molecule has 0 spiro atoms. The van der Waals surface area contributed by atoms with E-state index in [0.717, 1.165) is 4.90 Å². The smallest absolute Gasteiger partial charge is 0.329 e. The Hall–Kier alpha value is -3.35. The van der Waals surface area contributed by atoms with Crippen LogP contribution in [-0.4, -0.2) is 42.9 Å². The molecular formula is C23H25NO6. The van der Waals surface area contributed by atoms with Gasteiger partial charge in [-0.2, -0.15) is 0 Å². The maximum absolute atomic E-state index is 12.9.